The molecule has 0 bridgehead atoms. The fourth-order valence-electron chi connectivity index (χ4n) is 2.07. The van der Waals surface area contributed by atoms with Gasteiger partial charge in [0.25, 0.3) is 0 Å². The third kappa shape index (κ3) is 2.19. The van der Waals surface area contributed by atoms with E-state index >= 15 is 0 Å². The fraction of sp³-hybridized carbons (Fsp3) is 0.0714. The lowest BCUT2D eigenvalue weighted by Crippen LogP contribution is -1.93. The number of nitrogens with one attached hydrogen (secondary N) is 1. The Morgan fingerprint density at radius 3 is 2.58 bits per heavy atom. The van der Waals surface area contributed by atoms with Gasteiger partial charge in [0.2, 0.25) is 0 Å². The Hall–Kier alpha value is -1.59. The first-order valence-corrected chi connectivity index (χ1v) is 6.94. The minimum Gasteiger partial charge on any atom is -0.497 e. The maximum atomic E-state index is 5.40. The van der Waals surface area contributed by atoms with Crippen LogP contribution in [0.1, 0.15) is 0 Å². The molecule has 0 spiro atoms. The predicted octanol–water partition coefficient (Wildman–Crippen LogP) is 4.46. The first-order valence-electron chi connectivity index (χ1n) is 5.74. The first-order chi connectivity index (χ1) is 9.19. The van der Waals surface area contributed by atoms with Gasteiger partial charge in [-0.25, -0.2) is 0 Å². The molecule has 0 saturated heterocycles. The monoisotopic (exact) mass is 334 g/mol. The van der Waals surface area contributed by atoms with Crippen LogP contribution >= 0.6 is 28.1 Å². The Kier molecular flexibility index (Phi) is 3.16. The fourth-order valence-corrected chi connectivity index (χ4v) is 2.75. The van der Waals surface area contributed by atoms with Crippen LogP contribution in [0.3, 0.4) is 0 Å². The van der Waals surface area contributed by atoms with E-state index < -0.39 is 0 Å². The molecule has 0 fully saturated rings. The van der Waals surface area contributed by atoms with E-state index in [1.165, 1.54) is 0 Å². The van der Waals surface area contributed by atoms with Crippen LogP contribution in [0.25, 0.3) is 16.7 Å². The van der Waals surface area contributed by atoms with E-state index in [0.717, 1.165) is 26.9 Å². The minimum atomic E-state index is 0.679. The SMILES string of the molecule is COc1ccc(-n2c(=S)[nH]c3cc(Br)ccc32)cc1. The molecule has 3 rings (SSSR count). The van der Waals surface area contributed by atoms with Gasteiger partial charge in [0.1, 0.15) is 5.75 Å². The van der Waals surface area contributed by atoms with Gasteiger partial charge in [-0.3, -0.25) is 4.57 Å². The quantitative estimate of drug-likeness (QED) is 0.701. The maximum Gasteiger partial charge on any atom is 0.182 e. The second-order valence-electron chi connectivity index (χ2n) is 4.13. The van der Waals surface area contributed by atoms with E-state index in [4.69, 9.17) is 17.0 Å². The van der Waals surface area contributed by atoms with Crippen LogP contribution in [-0.4, -0.2) is 16.7 Å². The van der Waals surface area contributed by atoms with Crippen molar-refractivity contribution in [2.24, 2.45) is 0 Å². The van der Waals surface area contributed by atoms with Crippen molar-refractivity contribution in [3.05, 3.63) is 51.7 Å². The van der Waals surface area contributed by atoms with Crippen molar-refractivity contribution >= 4 is 39.2 Å². The average molecular weight is 335 g/mol. The number of ether oxygens (including phenoxy) is 1. The van der Waals surface area contributed by atoms with Gasteiger partial charge in [-0.15, -0.1) is 0 Å². The summed E-state index contributed by atoms with van der Waals surface area (Å²) in [6, 6.07) is 13.9. The predicted molar refractivity (Wildman–Crippen MR) is 82.7 cm³/mol. The number of aromatic nitrogens is 2. The largest absolute Gasteiger partial charge is 0.497 e. The lowest BCUT2D eigenvalue weighted by atomic mass is 10.2. The molecule has 0 unspecified atom stereocenters. The smallest absolute Gasteiger partial charge is 0.182 e. The van der Waals surface area contributed by atoms with Gasteiger partial charge in [-0.05, 0) is 54.7 Å². The number of hydrogen-bond acceptors (Lipinski definition) is 2. The van der Waals surface area contributed by atoms with E-state index in [1.54, 1.807) is 7.11 Å². The molecule has 0 amide bonds. The molecule has 0 saturated carbocycles. The van der Waals surface area contributed by atoms with Gasteiger partial charge in [0.15, 0.2) is 4.77 Å². The van der Waals surface area contributed by atoms with Gasteiger partial charge in [0, 0.05) is 10.2 Å². The molecule has 0 atom stereocenters. The molecule has 3 nitrogen and oxygen atoms in total. The summed E-state index contributed by atoms with van der Waals surface area (Å²) in [5.41, 5.74) is 3.08. The highest BCUT2D eigenvalue weighted by atomic mass is 79.9. The second-order valence-corrected chi connectivity index (χ2v) is 5.43. The summed E-state index contributed by atoms with van der Waals surface area (Å²) >= 11 is 8.86. The molecular formula is C14H11BrN2OS. The number of benzene rings is 2. The molecule has 96 valence electrons. The highest BCUT2D eigenvalue weighted by molar-refractivity contribution is 9.10. The summed E-state index contributed by atoms with van der Waals surface area (Å²) in [7, 11) is 1.66. The van der Waals surface area contributed by atoms with Gasteiger partial charge >= 0.3 is 0 Å². The molecule has 3 aromatic rings. The molecular weight excluding hydrogens is 324 g/mol. The van der Waals surface area contributed by atoms with E-state index in [2.05, 4.69) is 20.9 Å². The maximum absolute atomic E-state index is 5.40. The number of H-pyrrole nitrogens is 1. The highest BCUT2D eigenvalue weighted by Gasteiger charge is 2.06. The lowest BCUT2D eigenvalue weighted by Gasteiger charge is -2.06. The molecule has 0 aliphatic heterocycles. The van der Waals surface area contributed by atoms with E-state index in [1.807, 2.05) is 47.0 Å². The van der Waals surface area contributed by atoms with Gasteiger partial charge in [-0.2, -0.15) is 0 Å². The lowest BCUT2D eigenvalue weighted by molar-refractivity contribution is 0.415. The van der Waals surface area contributed by atoms with E-state index in [-0.39, 0.29) is 0 Å². The summed E-state index contributed by atoms with van der Waals surface area (Å²) in [5.74, 6) is 0.831. The highest BCUT2D eigenvalue weighted by Crippen LogP contribution is 2.24. The van der Waals surface area contributed by atoms with Crippen molar-refractivity contribution in [3.63, 3.8) is 0 Å². The Morgan fingerprint density at radius 2 is 1.89 bits per heavy atom. The van der Waals surface area contributed by atoms with Gasteiger partial charge < -0.3 is 9.72 Å². The van der Waals surface area contributed by atoms with Crippen LogP contribution < -0.4 is 4.74 Å². The van der Waals surface area contributed by atoms with Gasteiger partial charge in [0.05, 0.1) is 18.1 Å². The van der Waals surface area contributed by atoms with E-state index in [9.17, 15) is 0 Å². The number of halogens is 1. The number of methoxy groups -OCH3 is 1. The Morgan fingerprint density at radius 1 is 1.16 bits per heavy atom. The number of imidazole rings is 1. The zero-order valence-electron chi connectivity index (χ0n) is 10.2. The molecule has 19 heavy (non-hydrogen) atoms. The normalized spacial score (nSPS) is 10.8. The van der Waals surface area contributed by atoms with Crippen LogP contribution in [-0.2, 0) is 0 Å². The second kappa shape index (κ2) is 4.83. The van der Waals surface area contributed by atoms with Crippen LogP contribution in [0.15, 0.2) is 46.9 Å². The van der Waals surface area contributed by atoms with Crippen molar-refractivity contribution in [3.8, 4) is 11.4 Å². The van der Waals surface area contributed by atoms with Crippen LogP contribution in [0, 0.1) is 4.77 Å². The zero-order chi connectivity index (χ0) is 13.4. The third-order valence-electron chi connectivity index (χ3n) is 2.97. The Bertz CT molecular complexity index is 789. The average Bonchev–Trinajstić information content (AvgIpc) is 2.74. The van der Waals surface area contributed by atoms with Gasteiger partial charge in [-0.1, -0.05) is 15.9 Å². The summed E-state index contributed by atoms with van der Waals surface area (Å²) in [5, 5.41) is 0. The van der Waals surface area contributed by atoms with Crippen molar-refractivity contribution in [1.29, 1.82) is 0 Å². The molecule has 1 heterocycles. The first kappa shape index (κ1) is 12.4. The van der Waals surface area contributed by atoms with Crippen molar-refractivity contribution < 1.29 is 4.74 Å². The molecule has 1 aromatic heterocycles. The summed E-state index contributed by atoms with van der Waals surface area (Å²) in [4.78, 5) is 3.21. The Balaban J connectivity index is 2.23. The number of fused-ring (bicyclic) bond motifs is 1. The molecule has 2 aromatic carbocycles. The number of rotatable bonds is 2. The number of nitrogens with zero attached hydrogens (tertiary/aromatic N) is 1. The molecule has 5 heteroatoms. The number of hydrogen-bond donors (Lipinski definition) is 1. The Labute approximate surface area is 124 Å². The van der Waals surface area contributed by atoms with Crippen molar-refractivity contribution in [2.45, 2.75) is 0 Å². The van der Waals surface area contributed by atoms with Crippen molar-refractivity contribution in [1.82, 2.24) is 9.55 Å². The van der Waals surface area contributed by atoms with Crippen LogP contribution in [0.5, 0.6) is 5.75 Å². The summed E-state index contributed by atoms with van der Waals surface area (Å²) in [6.07, 6.45) is 0. The molecule has 1 N–H and O–H groups in total. The van der Waals surface area contributed by atoms with Crippen LogP contribution in [0.4, 0.5) is 0 Å². The number of aromatic amines is 1. The van der Waals surface area contributed by atoms with Crippen LogP contribution in [0.2, 0.25) is 0 Å². The summed E-state index contributed by atoms with van der Waals surface area (Å²) in [6.45, 7) is 0. The third-order valence-corrected chi connectivity index (χ3v) is 3.75. The van der Waals surface area contributed by atoms with E-state index in [0.29, 0.717) is 4.77 Å². The zero-order valence-corrected chi connectivity index (χ0v) is 12.6. The molecule has 0 aliphatic rings. The topological polar surface area (TPSA) is 29.9 Å². The molecule has 0 radical (unpaired) electrons. The summed E-state index contributed by atoms with van der Waals surface area (Å²) < 4.78 is 8.89. The standard InChI is InChI=1S/C14H11BrN2OS/c1-18-11-5-3-10(4-6-11)17-13-7-2-9(15)8-12(13)16-14(17)19/h2-8H,1H3,(H,16,19). The molecule has 0 aliphatic carbocycles. The van der Waals surface area contributed by atoms with Crippen molar-refractivity contribution in [2.75, 3.05) is 7.11 Å². The minimum absolute atomic E-state index is 0.679.